The Morgan fingerprint density at radius 1 is 1.43 bits per heavy atom. The van der Waals surface area contributed by atoms with E-state index in [-0.39, 0.29) is 11.8 Å². The zero-order valence-corrected chi connectivity index (χ0v) is 8.07. The molecule has 1 nitrogen and oxygen atoms in total. The van der Waals surface area contributed by atoms with Gasteiger partial charge in [0, 0.05) is 6.42 Å². The first kappa shape index (κ1) is 11.8. The highest BCUT2D eigenvalue weighted by atomic mass is 19.3. The van der Waals surface area contributed by atoms with Gasteiger partial charge in [0.25, 0.3) is 0 Å². The Kier molecular flexibility index (Phi) is 3.75. The maximum Gasteiger partial charge on any atom is 0.307 e. The molecule has 0 spiro atoms. The molecule has 1 heterocycles. The second-order valence-electron chi connectivity index (χ2n) is 4.00. The fraction of sp³-hybridized carbons (Fsp3) is 1.00. The molecule has 1 rings (SSSR count). The van der Waals surface area contributed by atoms with Crippen molar-refractivity contribution in [3.05, 3.63) is 0 Å². The topological polar surface area (TPSA) is 12.0 Å². The van der Waals surface area contributed by atoms with Gasteiger partial charge in [-0.3, -0.25) is 0 Å². The molecule has 1 aliphatic heterocycles. The van der Waals surface area contributed by atoms with E-state index < -0.39 is 18.8 Å². The van der Waals surface area contributed by atoms with Gasteiger partial charge in [0.1, 0.15) is 0 Å². The van der Waals surface area contributed by atoms with Crippen LogP contribution in [0.15, 0.2) is 0 Å². The Balaban J connectivity index is 2.49. The molecule has 1 saturated heterocycles. The van der Waals surface area contributed by atoms with Crippen LogP contribution in [0, 0.1) is 11.8 Å². The standard InChI is InChI=1S/C9H15F4N/c1-6-5-14-3-2-7(6)4-9(12,13)8(10)11/h6-8,14H,2-5H2,1H3. The molecule has 0 aliphatic carbocycles. The van der Waals surface area contributed by atoms with Crippen molar-refractivity contribution in [3.63, 3.8) is 0 Å². The second kappa shape index (κ2) is 4.47. The number of nitrogens with one attached hydrogen (secondary N) is 1. The molecule has 0 saturated carbocycles. The second-order valence-corrected chi connectivity index (χ2v) is 4.00. The molecule has 5 heteroatoms. The zero-order valence-electron chi connectivity index (χ0n) is 8.07. The van der Waals surface area contributed by atoms with Gasteiger partial charge in [0.15, 0.2) is 0 Å². The third-order valence-corrected chi connectivity index (χ3v) is 2.82. The van der Waals surface area contributed by atoms with Gasteiger partial charge in [-0.2, -0.15) is 0 Å². The predicted octanol–water partition coefficient (Wildman–Crippen LogP) is 2.52. The van der Waals surface area contributed by atoms with Crippen molar-refractivity contribution >= 4 is 0 Å². The van der Waals surface area contributed by atoms with E-state index in [1.165, 1.54) is 0 Å². The van der Waals surface area contributed by atoms with Crippen LogP contribution in [-0.4, -0.2) is 25.4 Å². The van der Waals surface area contributed by atoms with E-state index in [4.69, 9.17) is 0 Å². The number of halogens is 4. The van der Waals surface area contributed by atoms with Crippen molar-refractivity contribution in [3.8, 4) is 0 Å². The lowest BCUT2D eigenvalue weighted by atomic mass is 9.83. The monoisotopic (exact) mass is 213 g/mol. The van der Waals surface area contributed by atoms with E-state index in [0.29, 0.717) is 19.5 Å². The molecule has 0 bridgehead atoms. The molecular formula is C9H15F4N. The first-order chi connectivity index (χ1) is 6.43. The van der Waals surface area contributed by atoms with Crippen LogP contribution in [0.4, 0.5) is 17.6 Å². The van der Waals surface area contributed by atoms with Gasteiger partial charge in [-0.25, -0.2) is 17.6 Å². The zero-order chi connectivity index (χ0) is 10.8. The summed E-state index contributed by atoms with van der Waals surface area (Å²) >= 11 is 0. The third kappa shape index (κ3) is 2.83. The molecule has 0 aromatic carbocycles. The van der Waals surface area contributed by atoms with Crippen molar-refractivity contribution in [1.82, 2.24) is 5.32 Å². The third-order valence-electron chi connectivity index (χ3n) is 2.82. The summed E-state index contributed by atoms with van der Waals surface area (Å²) in [5, 5.41) is 3.05. The molecule has 1 fully saturated rings. The van der Waals surface area contributed by atoms with Crippen molar-refractivity contribution in [2.24, 2.45) is 11.8 Å². The van der Waals surface area contributed by atoms with E-state index >= 15 is 0 Å². The molecule has 2 unspecified atom stereocenters. The van der Waals surface area contributed by atoms with E-state index in [9.17, 15) is 17.6 Å². The lowest BCUT2D eigenvalue weighted by Crippen LogP contribution is -2.39. The Morgan fingerprint density at radius 3 is 2.57 bits per heavy atom. The average molecular weight is 213 g/mol. The van der Waals surface area contributed by atoms with Gasteiger partial charge in [0.05, 0.1) is 0 Å². The Bertz CT molecular complexity index is 184. The molecule has 0 aromatic rings. The minimum atomic E-state index is -3.82. The summed E-state index contributed by atoms with van der Waals surface area (Å²) in [4.78, 5) is 0. The van der Waals surface area contributed by atoms with Crippen LogP contribution in [0.3, 0.4) is 0 Å². The number of piperidine rings is 1. The van der Waals surface area contributed by atoms with Crippen LogP contribution in [-0.2, 0) is 0 Å². The van der Waals surface area contributed by atoms with Crippen LogP contribution in [0.2, 0.25) is 0 Å². The van der Waals surface area contributed by atoms with Crippen molar-refractivity contribution in [1.29, 1.82) is 0 Å². The van der Waals surface area contributed by atoms with E-state index in [1.54, 1.807) is 0 Å². The van der Waals surface area contributed by atoms with Crippen LogP contribution in [0.25, 0.3) is 0 Å². The largest absolute Gasteiger partial charge is 0.316 e. The molecule has 14 heavy (non-hydrogen) atoms. The maximum atomic E-state index is 12.7. The van der Waals surface area contributed by atoms with E-state index in [0.717, 1.165) is 0 Å². The summed E-state index contributed by atoms with van der Waals surface area (Å²) in [6, 6.07) is 0. The highest BCUT2D eigenvalue weighted by Crippen LogP contribution is 2.35. The molecular weight excluding hydrogens is 198 g/mol. The maximum absolute atomic E-state index is 12.7. The van der Waals surface area contributed by atoms with Crippen molar-refractivity contribution < 1.29 is 17.6 Å². The highest BCUT2D eigenvalue weighted by molar-refractivity contribution is 4.81. The van der Waals surface area contributed by atoms with Crippen LogP contribution in [0.5, 0.6) is 0 Å². The molecule has 2 atom stereocenters. The smallest absolute Gasteiger partial charge is 0.307 e. The summed E-state index contributed by atoms with van der Waals surface area (Å²) in [5.41, 5.74) is 0. The van der Waals surface area contributed by atoms with Gasteiger partial charge in [-0.05, 0) is 31.3 Å². The fourth-order valence-electron chi connectivity index (χ4n) is 1.81. The van der Waals surface area contributed by atoms with Gasteiger partial charge in [-0.15, -0.1) is 0 Å². The lowest BCUT2D eigenvalue weighted by Gasteiger charge is -2.31. The van der Waals surface area contributed by atoms with Crippen molar-refractivity contribution in [2.45, 2.75) is 32.1 Å². The summed E-state index contributed by atoms with van der Waals surface area (Å²) in [5.74, 6) is -4.07. The molecule has 1 N–H and O–H groups in total. The van der Waals surface area contributed by atoms with Crippen LogP contribution >= 0.6 is 0 Å². The van der Waals surface area contributed by atoms with Gasteiger partial charge >= 0.3 is 12.3 Å². The minimum absolute atomic E-state index is 0.0494. The molecule has 0 amide bonds. The fourth-order valence-corrected chi connectivity index (χ4v) is 1.81. The number of hydrogen-bond donors (Lipinski definition) is 1. The Hall–Kier alpha value is -0.320. The predicted molar refractivity (Wildman–Crippen MR) is 45.7 cm³/mol. The normalized spacial score (nSPS) is 29.6. The van der Waals surface area contributed by atoms with E-state index in [2.05, 4.69) is 5.32 Å². The Labute approximate surface area is 80.9 Å². The summed E-state index contributed by atoms with van der Waals surface area (Å²) in [6.45, 7) is 3.11. The van der Waals surface area contributed by atoms with Gasteiger partial charge in [0.2, 0.25) is 0 Å². The van der Waals surface area contributed by atoms with Gasteiger partial charge < -0.3 is 5.32 Å². The van der Waals surface area contributed by atoms with Crippen molar-refractivity contribution in [2.75, 3.05) is 13.1 Å². The molecule has 0 radical (unpaired) electrons. The molecule has 1 aliphatic rings. The number of hydrogen-bond acceptors (Lipinski definition) is 1. The lowest BCUT2D eigenvalue weighted by molar-refractivity contribution is -0.145. The average Bonchev–Trinajstić information content (AvgIpc) is 2.08. The van der Waals surface area contributed by atoms with Crippen LogP contribution < -0.4 is 5.32 Å². The molecule has 84 valence electrons. The summed E-state index contributed by atoms with van der Waals surface area (Å²) in [6.07, 6.45) is -3.67. The first-order valence-corrected chi connectivity index (χ1v) is 4.80. The number of rotatable bonds is 3. The SMILES string of the molecule is CC1CNCCC1CC(F)(F)C(F)F. The quantitative estimate of drug-likeness (QED) is 0.710. The summed E-state index contributed by atoms with van der Waals surface area (Å²) < 4.78 is 49.3. The minimum Gasteiger partial charge on any atom is -0.316 e. The first-order valence-electron chi connectivity index (χ1n) is 4.80. The highest BCUT2D eigenvalue weighted by Gasteiger charge is 2.43. The number of alkyl halides is 4. The van der Waals surface area contributed by atoms with Gasteiger partial charge in [-0.1, -0.05) is 6.92 Å². The van der Waals surface area contributed by atoms with Crippen LogP contribution in [0.1, 0.15) is 19.8 Å². The molecule has 0 aromatic heterocycles. The van der Waals surface area contributed by atoms with E-state index in [1.807, 2.05) is 6.92 Å². The summed E-state index contributed by atoms with van der Waals surface area (Å²) in [7, 11) is 0. The Morgan fingerprint density at radius 2 is 2.07 bits per heavy atom.